The zero-order chi connectivity index (χ0) is 18.1. The summed E-state index contributed by atoms with van der Waals surface area (Å²) in [4.78, 5) is 26.2. The number of amides is 1. The quantitative estimate of drug-likeness (QED) is 0.729. The third kappa shape index (κ3) is 3.25. The lowest BCUT2D eigenvalue weighted by molar-refractivity contribution is 0.100. The molecule has 7 nitrogen and oxygen atoms in total. The van der Waals surface area contributed by atoms with Crippen LogP contribution in [-0.2, 0) is 26.4 Å². The van der Waals surface area contributed by atoms with E-state index in [1.54, 1.807) is 12.1 Å². The second-order valence-electron chi connectivity index (χ2n) is 6.68. The number of aromatic amines is 1. The van der Waals surface area contributed by atoms with Gasteiger partial charge in [0.2, 0.25) is 5.91 Å². The van der Waals surface area contributed by atoms with Gasteiger partial charge in [-0.15, -0.1) is 0 Å². The molecular weight excluding hydrogens is 328 g/mol. The van der Waals surface area contributed by atoms with Crippen molar-refractivity contribution < 1.29 is 4.79 Å². The Bertz CT molecular complexity index is 924. The van der Waals surface area contributed by atoms with Crippen LogP contribution in [-0.4, -0.2) is 43.4 Å². The van der Waals surface area contributed by atoms with Crippen molar-refractivity contribution in [2.24, 2.45) is 12.8 Å². The third-order valence-corrected chi connectivity index (χ3v) is 4.93. The molecule has 1 aliphatic rings. The lowest BCUT2D eigenvalue weighted by Crippen LogP contribution is -2.32. The van der Waals surface area contributed by atoms with Crippen molar-refractivity contribution in [3.05, 3.63) is 59.4 Å². The van der Waals surface area contributed by atoms with Gasteiger partial charge in [-0.2, -0.15) is 0 Å². The highest BCUT2D eigenvalue weighted by Gasteiger charge is 2.20. The fourth-order valence-electron chi connectivity index (χ4n) is 3.37. The van der Waals surface area contributed by atoms with Gasteiger partial charge in [-0.25, -0.2) is 9.97 Å². The van der Waals surface area contributed by atoms with E-state index >= 15 is 0 Å². The van der Waals surface area contributed by atoms with E-state index in [0.717, 1.165) is 55.4 Å². The van der Waals surface area contributed by atoms with Crippen molar-refractivity contribution >= 4 is 5.91 Å². The van der Waals surface area contributed by atoms with Gasteiger partial charge in [-0.3, -0.25) is 9.69 Å². The average Bonchev–Trinajstić information content (AvgIpc) is 3.25. The zero-order valence-corrected chi connectivity index (χ0v) is 14.8. The number of nitrogens with two attached hydrogens (primary N) is 1. The maximum absolute atomic E-state index is 11.2. The molecule has 0 fully saturated rings. The number of carbonyl (C=O) groups is 1. The fraction of sp³-hybridized carbons (Fsp3) is 0.316. The van der Waals surface area contributed by atoms with Crippen molar-refractivity contribution in [3.8, 4) is 11.4 Å². The highest BCUT2D eigenvalue weighted by atomic mass is 16.1. The predicted octanol–water partition coefficient (Wildman–Crippen LogP) is 1.51. The molecule has 1 aliphatic heterocycles. The first-order chi connectivity index (χ1) is 12.6. The highest BCUT2D eigenvalue weighted by molar-refractivity contribution is 5.93. The Morgan fingerprint density at radius 3 is 2.81 bits per heavy atom. The number of rotatable bonds is 5. The van der Waals surface area contributed by atoms with E-state index in [0.29, 0.717) is 5.56 Å². The van der Waals surface area contributed by atoms with Crippen LogP contribution < -0.4 is 5.73 Å². The van der Waals surface area contributed by atoms with Gasteiger partial charge in [0.1, 0.15) is 11.6 Å². The number of carbonyl (C=O) groups excluding carboxylic acids is 1. The van der Waals surface area contributed by atoms with Crippen LogP contribution in [0.4, 0.5) is 0 Å². The van der Waals surface area contributed by atoms with Crippen molar-refractivity contribution in [3.63, 3.8) is 0 Å². The number of primary amides is 1. The lowest BCUT2D eigenvalue weighted by Gasteiger charge is -2.25. The van der Waals surface area contributed by atoms with E-state index in [1.165, 1.54) is 5.69 Å². The van der Waals surface area contributed by atoms with E-state index in [2.05, 4.69) is 19.4 Å². The number of aryl methyl sites for hydroxylation is 1. The van der Waals surface area contributed by atoms with Crippen LogP contribution in [0.5, 0.6) is 0 Å². The molecule has 1 aromatic carbocycles. The van der Waals surface area contributed by atoms with Crippen LogP contribution in [0.15, 0.2) is 36.7 Å². The van der Waals surface area contributed by atoms with E-state index in [-0.39, 0.29) is 0 Å². The number of nitrogens with zero attached hydrogens (tertiary/aromatic N) is 4. The maximum atomic E-state index is 11.2. The van der Waals surface area contributed by atoms with Gasteiger partial charge < -0.3 is 15.3 Å². The monoisotopic (exact) mass is 350 g/mol. The first kappa shape index (κ1) is 16.5. The molecule has 0 saturated carbocycles. The van der Waals surface area contributed by atoms with Gasteiger partial charge in [0.15, 0.2) is 0 Å². The minimum absolute atomic E-state index is 0.418. The van der Waals surface area contributed by atoms with Crippen LogP contribution in [0, 0.1) is 0 Å². The van der Waals surface area contributed by atoms with Crippen molar-refractivity contribution in [2.75, 3.05) is 13.1 Å². The largest absolute Gasteiger partial charge is 0.366 e. The van der Waals surface area contributed by atoms with Gasteiger partial charge in [0, 0.05) is 63.0 Å². The highest BCUT2D eigenvalue weighted by Crippen LogP contribution is 2.23. The van der Waals surface area contributed by atoms with Gasteiger partial charge in [-0.05, 0) is 12.1 Å². The molecule has 26 heavy (non-hydrogen) atoms. The summed E-state index contributed by atoms with van der Waals surface area (Å²) >= 11 is 0. The summed E-state index contributed by atoms with van der Waals surface area (Å²) in [6, 6.07) is 7.23. The predicted molar refractivity (Wildman–Crippen MR) is 98.4 cm³/mol. The zero-order valence-electron chi connectivity index (χ0n) is 14.8. The Labute approximate surface area is 151 Å². The van der Waals surface area contributed by atoms with E-state index in [4.69, 9.17) is 10.7 Å². The van der Waals surface area contributed by atoms with Crippen molar-refractivity contribution in [1.82, 2.24) is 24.4 Å². The van der Waals surface area contributed by atoms with E-state index < -0.39 is 5.91 Å². The molecule has 4 rings (SSSR count). The summed E-state index contributed by atoms with van der Waals surface area (Å²) in [6.45, 7) is 2.85. The Morgan fingerprint density at radius 1 is 1.31 bits per heavy atom. The molecule has 0 saturated heterocycles. The molecule has 1 amide bonds. The van der Waals surface area contributed by atoms with E-state index in [9.17, 15) is 4.79 Å². The van der Waals surface area contributed by atoms with Crippen LogP contribution in [0.25, 0.3) is 11.4 Å². The molecule has 0 atom stereocenters. The molecule has 3 N–H and O–H groups in total. The van der Waals surface area contributed by atoms with Gasteiger partial charge in [0.05, 0.1) is 11.4 Å². The van der Waals surface area contributed by atoms with Crippen LogP contribution in [0.2, 0.25) is 0 Å². The molecule has 7 heteroatoms. The first-order valence-electron chi connectivity index (χ1n) is 8.76. The molecule has 0 spiro atoms. The topological polar surface area (TPSA) is 92.8 Å². The SMILES string of the molecule is Cn1ccnc1CCN1CCc2nc(-c3ccc(C(N)=O)cc3)[nH]c2C1. The van der Waals surface area contributed by atoms with Crippen LogP contribution in [0.1, 0.15) is 27.6 Å². The normalized spacial score (nSPS) is 14.3. The second kappa shape index (κ2) is 6.76. The average molecular weight is 350 g/mol. The summed E-state index contributed by atoms with van der Waals surface area (Å²) in [7, 11) is 2.03. The molecule has 0 unspecified atom stereocenters. The summed E-state index contributed by atoms with van der Waals surface area (Å²) < 4.78 is 2.07. The Balaban J connectivity index is 1.45. The van der Waals surface area contributed by atoms with Gasteiger partial charge in [0.25, 0.3) is 0 Å². The standard InChI is InChI=1S/C19H22N6O/c1-24-11-8-21-17(24)7-10-25-9-6-15-16(12-25)23-19(22-15)14-4-2-13(3-5-14)18(20)26/h2-5,8,11H,6-7,9-10,12H2,1H3,(H2,20,26)(H,22,23). The molecule has 134 valence electrons. The number of nitrogens with one attached hydrogen (secondary N) is 1. The van der Waals surface area contributed by atoms with E-state index in [1.807, 2.05) is 31.6 Å². The third-order valence-electron chi connectivity index (χ3n) is 4.93. The number of hydrogen-bond acceptors (Lipinski definition) is 4. The minimum atomic E-state index is -0.418. The fourth-order valence-corrected chi connectivity index (χ4v) is 3.37. The molecule has 0 bridgehead atoms. The number of fused-ring (bicyclic) bond motifs is 1. The Hall–Kier alpha value is -2.93. The number of benzene rings is 1. The number of aromatic nitrogens is 4. The van der Waals surface area contributed by atoms with Crippen LogP contribution >= 0.6 is 0 Å². The van der Waals surface area contributed by atoms with Gasteiger partial charge >= 0.3 is 0 Å². The lowest BCUT2D eigenvalue weighted by atomic mass is 10.1. The molecule has 3 heterocycles. The molecule has 0 radical (unpaired) electrons. The summed E-state index contributed by atoms with van der Waals surface area (Å²) in [6.07, 6.45) is 5.70. The van der Waals surface area contributed by atoms with Crippen LogP contribution in [0.3, 0.4) is 0 Å². The van der Waals surface area contributed by atoms with Gasteiger partial charge in [-0.1, -0.05) is 12.1 Å². The van der Waals surface area contributed by atoms with Crippen molar-refractivity contribution in [1.29, 1.82) is 0 Å². The number of hydrogen-bond donors (Lipinski definition) is 2. The summed E-state index contributed by atoms with van der Waals surface area (Å²) in [5.41, 5.74) is 9.07. The second-order valence-corrected chi connectivity index (χ2v) is 6.68. The molecule has 3 aromatic rings. The van der Waals surface area contributed by atoms with Crippen molar-refractivity contribution in [2.45, 2.75) is 19.4 Å². The molecule has 0 aliphatic carbocycles. The molecular formula is C19H22N6O. The molecule has 2 aromatic heterocycles. The Morgan fingerprint density at radius 2 is 2.12 bits per heavy atom. The summed E-state index contributed by atoms with van der Waals surface area (Å²) in [5.74, 6) is 1.53. The number of H-pyrrole nitrogens is 1. The minimum Gasteiger partial charge on any atom is -0.366 e. The Kier molecular flexibility index (Phi) is 4.30. The maximum Gasteiger partial charge on any atom is 0.248 e. The number of imidazole rings is 2. The smallest absolute Gasteiger partial charge is 0.248 e. The first-order valence-corrected chi connectivity index (χ1v) is 8.76. The summed E-state index contributed by atoms with van der Waals surface area (Å²) in [5, 5.41) is 0.